The van der Waals surface area contributed by atoms with Gasteiger partial charge in [-0.1, -0.05) is 18.2 Å². The minimum atomic E-state index is -2.16. The zero-order valence-corrected chi connectivity index (χ0v) is 31.4. The Labute approximate surface area is 321 Å². The highest BCUT2D eigenvalue weighted by Crippen LogP contribution is 2.64. The number of benzene rings is 3. The molecule has 14 nitrogen and oxygen atoms in total. The highest BCUT2D eigenvalue weighted by Gasteiger charge is 2.75. The van der Waals surface area contributed by atoms with Gasteiger partial charge in [0.05, 0.1) is 43.5 Å². The smallest absolute Gasteiger partial charge is 0.347 e. The van der Waals surface area contributed by atoms with Gasteiger partial charge in [-0.15, -0.1) is 23.2 Å². The molecule has 17 heteroatoms. The number of allylic oxidation sites excluding steroid dienone is 2. The number of aromatic nitrogens is 5. The fraction of sp³-hybridized carbons (Fsp3) is 0.316. The molecule has 55 heavy (non-hydrogen) atoms. The highest BCUT2D eigenvalue weighted by molar-refractivity contribution is 6.58. The summed E-state index contributed by atoms with van der Waals surface area (Å²) < 4.78 is 29.5. The Bertz CT molecular complexity index is 2700. The van der Waals surface area contributed by atoms with Crippen LogP contribution in [0.4, 0.5) is 10.1 Å². The summed E-state index contributed by atoms with van der Waals surface area (Å²) >= 11 is 14.8. The molecule has 5 aromatic rings. The Morgan fingerprint density at radius 3 is 2.31 bits per heavy atom. The summed E-state index contributed by atoms with van der Waals surface area (Å²) in [4.78, 5) is 71.7. The van der Waals surface area contributed by atoms with Crippen LogP contribution < -0.4 is 31.3 Å². The number of amides is 2. The number of rotatable bonds is 7. The maximum absolute atomic E-state index is 14.5. The molecule has 2 fully saturated rings. The first-order chi connectivity index (χ1) is 26.2. The fourth-order valence-electron chi connectivity index (χ4n) is 8.22. The van der Waals surface area contributed by atoms with E-state index in [9.17, 15) is 33.5 Å². The largest absolute Gasteiger partial charge is 0.508 e. The SMILES string of the molecule is COc1cc2nc(CCn3c(=O)n4n(c3=O)[C@@H]3C[C@@]5(Cl)C(=O)N(c6ccc(F)cc6)C(=O)[C@@]5(Cl)[C@@H](c5ccc(O)c(C)c5)C3=CC4)c(=O)n(C)c2cc1OC. The molecule has 1 saturated carbocycles. The Morgan fingerprint density at radius 2 is 1.64 bits per heavy atom. The number of ether oxygens (including phenoxy) is 2. The lowest BCUT2D eigenvalue weighted by atomic mass is 9.64. The van der Waals surface area contributed by atoms with E-state index in [2.05, 4.69) is 4.98 Å². The van der Waals surface area contributed by atoms with Crippen LogP contribution in [-0.4, -0.2) is 64.4 Å². The predicted octanol–water partition coefficient (Wildman–Crippen LogP) is 3.67. The lowest BCUT2D eigenvalue weighted by Crippen LogP contribution is -2.59. The molecule has 2 amide bonds. The number of nitrogens with zero attached hydrogens (tertiary/aromatic N) is 6. The van der Waals surface area contributed by atoms with Crippen molar-refractivity contribution in [3.8, 4) is 17.2 Å². The summed E-state index contributed by atoms with van der Waals surface area (Å²) in [5, 5.41) is 10.4. The van der Waals surface area contributed by atoms with E-state index in [-0.39, 0.29) is 43.1 Å². The van der Waals surface area contributed by atoms with Gasteiger partial charge in [0, 0.05) is 44.5 Å². The Kier molecular flexibility index (Phi) is 8.39. The van der Waals surface area contributed by atoms with Crippen molar-refractivity contribution < 1.29 is 28.6 Å². The van der Waals surface area contributed by atoms with Gasteiger partial charge in [-0.05, 0) is 54.0 Å². The molecule has 4 heterocycles. The number of phenolic OH excluding ortho intramolecular Hbond substituents is 1. The standard InChI is InChI=1S/C38H33Cl2FN6O8/c1-19-15-20(5-10-28(19)48)31-23-11-14-45-35(52)44(13-12-24-32(49)43(2)26-17-30(55-4)29(54-3)16-25(26)42-24)36(53)47(45)27(23)18-37(39)33(50)46(34(51)38(31,37)40)22-8-6-21(41)7-9-22/h5-11,15-17,27,31,48H,12-14,18H2,1-4H3/t27-,31+,37-,38+/m1/s1. The van der Waals surface area contributed by atoms with Crippen molar-refractivity contribution >= 4 is 51.7 Å². The lowest BCUT2D eigenvalue weighted by Gasteiger charge is -2.49. The number of phenols is 1. The van der Waals surface area contributed by atoms with Gasteiger partial charge in [-0.25, -0.2) is 37.8 Å². The Hall–Kier alpha value is -5.67. The first-order valence-electron chi connectivity index (χ1n) is 17.2. The first kappa shape index (κ1) is 36.3. The van der Waals surface area contributed by atoms with Gasteiger partial charge in [-0.3, -0.25) is 14.4 Å². The molecule has 8 rings (SSSR count). The van der Waals surface area contributed by atoms with Gasteiger partial charge in [0.1, 0.15) is 17.3 Å². The summed E-state index contributed by atoms with van der Waals surface area (Å²) in [6.07, 6.45) is 1.26. The van der Waals surface area contributed by atoms with E-state index in [1.54, 1.807) is 44.3 Å². The summed E-state index contributed by atoms with van der Waals surface area (Å²) in [5.74, 6) is -2.63. The average molecular weight is 792 g/mol. The van der Waals surface area contributed by atoms with Gasteiger partial charge in [0.2, 0.25) is 0 Å². The van der Waals surface area contributed by atoms with Crippen LogP contribution in [0.5, 0.6) is 17.2 Å². The van der Waals surface area contributed by atoms with Crippen LogP contribution in [0.1, 0.15) is 35.2 Å². The van der Waals surface area contributed by atoms with E-state index in [1.165, 1.54) is 46.3 Å². The summed E-state index contributed by atoms with van der Waals surface area (Å²) in [5.41, 5.74) is 0.585. The maximum atomic E-state index is 14.5. The third kappa shape index (κ3) is 5.05. The van der Waals surface area contributed by atoms with E-state index in [4.69, 9.17) is 32.7 Å². The number of fused-ring (bicyclic) bond motifs is 5. The average Bonchev–Trinajstić information content (AvgIpc) is 3.50. The summed E-state index contributed by atoms with van der Waals surface area (Å²) in [6.45, 7) is 1.35. The topological polar surface area (TPSA) is 160 Å². The second-order valence-corrected chi connectivity index (χ2v) is 15.1. The van der Waals surface area contributed by atoms with Gasteiger partial charge in [0.15, 0.2) is 21.2 Å². The molecule has 2 aliphatic heterocycles. The van der Waals surface area contributed by atoms with Crippen LogP contribution in [0, 0.1) is 12.7 Å². The molecular formula is C38H33Cl2FN6O8. The molecular weight excluding hydrogens is 758 g/mol. The number of hydrogen-bond donors (Lipinski definition) is 1. The minimum absolute atomic E-state index is 0.0204. The van der Waals surface area contributed by atoms with Gasteiger partial charge in [0.25, 0.3) is 17.4 Å². The third-order valence-electron chi connectivity index (χ3n) is 11.0. The Balaban J connectivity index is 1.23. The number of anilines is 1. The number of carbonyl (C=O) groups is 2. The molecule has 1 saturated heterocycles. The molecule has 1 N–H and O–H groups in total. The zero-order valence-electron chi connectivity index (χ0n) is 29.9. The van der Waals surface area contributed by atoms with Crippen molar-refractivity contribution in [2.24, 2.45) is 7.05 Å². The van der Waals surface area contributed by atoms with E-state index >= 15 is 0 Å². The quantitative estimate of drug-likeness (QED) is 0.148. The normalized spacial score (nSPS) is 23.0. The maximum Gasteiger partial charge on any atom is 0.347 e. The van der Waals surface area contributed by atoms with Crippen LogP contribution in [-0.2, 0) is 36.1 Å². The highest BCUT2D eigenvalue weighted by atomic mass is 35.5. The molecule has 284 valence electrons. The first-order valence-corrected chi connectivity index (χ1v) is 18.0. The Morgan fingerprint density at radius 1 is 0.945 bits per heavy atom. The van der Waals surface area contributed by atoms with E-state index in [1.807, 2.05) is 0 Å². The minimum Gasteiger partial charge on any atom is -0.508 e. The second-order valence-electron chi connectivity index (χ2n) is 13.9. The molecule has 0 bridgehead atoms. The number of alkyl halides is 2. The zero-order chi connectivity index (χ0) is 39.3. The third-order valence-corrected chi connectivity index (χ3v) is 12.4. The second kappa shape index (κ2) is 12.7. The monoisotopic (exact) mass is 790 g/mol. The number of hydrogen-bond acceptors (Lipinski definition) is 9. The van der Waals surface area contributed by atoms with Crippen LogP contribution in [0.2, 0.25) is 0 Å². The van der Waals surface area contributed by atoms with Crippen LogP contribution >= 0.6 is 23.2 Å². The molecule has 0 unspecified atom stereocenters. The van der Waals surface area contributed by atoms with Crippen molar-refractivity contribution in [2.75, 3.05) is 19.1 Å². The number of aryl methyl sites for hydroxylation is 3. The lowest BCUT2D eigenvalue weighted by molar-refractivity contribution is -0.122. The number of carbonyl (C=O) groups excluding carboxylic acids is 2. The van der Waals surface area contributed by atoms with E-state index < -0.39 is 56.3 Å². The van der Waals surface area contributed by atoms with Crippen molar-refractivity contribution in [2.45, 2.75) is 54.6 Å². The molecule has 2 aromatic heterocycles. The number of methoxy groups -OCH3 is 2. The number of halogens is 3. The molecule has 0 spiro atoms. The van der Waals surface area contributed by atoms with E-state index in [0.717, 1.165) is 21.6 Å². The van der Waals surface area contributed by atoms with Gasteiger partial charge >= 0.3 is 11.4 Å². The summed E-state index contributed by atoms with van der Waals surface area (Å²) in [7, 11) is 4.53. The van der Waals surface area contributed by atoms with Crippen LogP contribution in [0.25, 0.3) is 11.0 Å². The van der Waals surface area contributed by atoms with Crippen LogP contribution in [0.3, 0.4) is 0 Å². The molecule has 3 aromatic carbocycles. The van der Waals surface area contributed by atoms with Crippen molar-refractivity contribution in [1.82, 2.24) is 23.5 Å². The number of aromatic hydroxyl groups is 1. The van der Waals surface area contributed by atoms with Crippen LogP contribution in [0.15, 0.2) is 80.6 Å². The molecule has 0 radical (unpaired) electrons. The number of imide groups is 1. The van der Waals surface area contributed by atoms with Crippen molar-refractivity contribution in [3.05, 3.63) is 120 Å². The summed E-state index contributed by atoms with van der Waals surface area (Å²) in [6, 6.07) is 11.6. The van der Waals surface area contributed by atoms with Gasteiger partial charge in [-0.2, -0.15) is 0 Å². The van der Waals surface area contributed by atoms with Crippen molar-refractivity contribution in [1.29, 1.82) is 0 Å². The molecule has 3 aliphatic rings. The fourth-order valence-corrected chi connectivity index (χ4v) is 9.14. The molecule has 4 atom stereocenters. The predicted molar refractivity (Wildman–Crippen MR) is 200 cm³/mol. The van der Waals surface area contributed by atoms with Gasteiger partial charge < -0.3 is 19.1 Å². The molecule has 1 aliphatic carbocycles. The van der Waals surface area contributed by atoms with E-state index in [0.29, 0.717) is 39.2 Å². The van der Waals surface area contributed by atoms with Crippen molar-refractivity contribution in [3.63, 3.8) is 0 Å².